The maximum absolute atomic E-state index is 12.7. The molecule has 1 aliphatic carbocycles. The molecule has 2 N–H and O–H groups in total. The molecule has 1 saturated heterocycles. The first-order chi connectivity index (χ1) is 16.0. The quantitative estimate of drug-likeness (QED) is 0.635. The number of nitrogens with one attached hydrogen (secondary N) is 2. The highest BCUT2D eigenvalue weighted by atomic mass is 32.1. The number of benzene rings is 1. The zero-order valence-corrected chi connectivity index (χ0v) is 19.7. The van der Waals surface area contributed by atoms with Crippen molar-refractivity contribution in [1.82, 2.24) is 20.5 Å². The number of thiazole rings is 1. The number of likely N-dealkylation sites (N-methyl/N-ethyl adjacent to an activating group) is 1. The van der Waals surface area contributed by atoms with E-state index in [0.29, 0.717) is 5.56 Å². The van der Waals surface area contributed by atoms with Crippen LogP contribution in [0, 0.1) is 17.2 Å². The summed E-state index contributed by atoms with van der Waals surface area (Å²) in [4.78, 5) is 34.2. The number of aromatic nitrogens is 1. The summed E-state index contributed by atoms with van der Waals surface area (Å²) in [5.41, 5.74) is 2.57. The smallest absolute Gasteiger partial charge is 0.251 e. The molecular formula is C24H30N6O2S. The molecule has 174 valence electrons. The van der Waals surface area contributed by atoms with Crippen LogP contribution in [0.15, 0.2) is 29.6 Å². The average Bonchev–Trinajstić information content (AvgIpc) is 3.34. The molecule has 0 bridgehead atoms. The van der Waals surface area contributed by atoms with Crippen molar-refractivity contribution >= 4 is 28.3 Å². The maximum atomic E-state index is 12.7. The van der Waals surface area contributed by atoms with Crippen molar-refractivity contribution in [2.24, 2.45) is 5.92 Å². The average molecular weight is 467 g/mol. The van der Waals surface area contributed by atoms with Crippen molar-refractivity contribution in [3.63, 3.8) is 0 Å². The van der Waals surface area contributed by atoms with Crippen LogP contribution in [0.1, 0.15) is 36.0 Å². The van der Waals surface area contributed by atoms with E-state index >= 15 is 0 Å². The highest BCUT2D eigenvalue weighted by Gasteiger charge is 2.27. The molecule has 1 aromatic carbocycles. The molecule has 4 rings (SSSR count). The summed E-state index contributed by atoms with van der Waals surface area (Å²) >= 11 is 1.66. The van der Waals surface area contributed by atoms with Crippen molar-refractivity contribution in [3.05, 3.63) is 35.2 Å². The second-order valence-electron chi connectivity index (χ2n) is 8.78. The fourth-order valence-corrected chi connectivity index (χ4v) is 5.26. The van der Waals surface area contributed by atoms with Gasteiger partial charge in [0.2, 0.25) is 5.91 Å². The van der Waals surface area contributed by atoms with E-state index in [1.54, 1.807) is 11.3 Å². The summed E-state index contributed by atoms with van der Waals surface area (Å²) in [6.07, 6.45) is 2.98. The number of hydrogen-bond acceptors (Lipinski definition) is 7. The second kappa shape index (κ2) is 10.8. The Balaban J connectivity index is 1.29. The molecule has 2 heterocycles. The minimum absolute atomic E-state index is 0.0452. The highest BCUT2D eigenvalue weighted by molar-refractivity contribution is 7.14. The standard InChI is InChI=1S/C24H30N6O2S/c1-29-12-14-30(15-13-29)24-28-21(16-33-24)17-2-4-19(5-3-17)23(32)27-20-8-6-18(7-9-20)22(31)26-11-10-25/h2-5,16,18,20H,6-9,11-15H2,1H3,(H,26,31)(H,27,32). The molecule has 33 heavy (non-hydrogen) atoms. The summed E-state index contributed by atoms with van der Waals surface area (Å²) in [6, 6.07) is 9.60. The van der Waals surface area contributed by atoms with E-state index in [-0.39, 0.29) is 30.3 Å². The zero-order valence-electron chi connectivity index (χ0n) is 18.9. The molecule has 2 aromatic rings. The van der Waals surface area contributed by atoms with Crippen LogP contribution >= 0.6 is 11.3 Å². The Bertz CT molecular complexity index is 999. The molecule has 1 saturated carbocycles. The minimum Gasteiger partial charge on any atom is -0.349 e. The molecule has 1 aliphatic heterocycles. The van der Waals surface area contributed by atoms with Gasteiger partial charge in [-0.25, -0.2) is 4.98 Å². The predicted molar refractivity (Wildman–Crippen MR) is 129 cm³/mol. The van der Waals surface area contributed by atoms with Crippen molar-refractivity contribution in [3.8, 4) is 17.3 Å². The van der Waals surface area contributed by atoms with Crippen molar-refractivity contribution in [2.45, 2.75) is 31.7 Å². The van der Waals surface area contributed by atoms with E-state index in [0.717, 1.165) is 68.3 Å². The predicted octanol–water partition coefficient (Wildman–Crippen LogP) is 2.49. The van der Waals surface area contributed by atoms with Gasteiger partial charge in [0.1, 0.15) is 6.54 Å². The van der Waals surface area contributed by atoms with Crippen molar-refractivity contribution in [2.75, 3.05) is 44.7 Å². The molecule has 9 heteroatoms. The Hall–Kier alpha value is -2.96. The number of carbonyl (C=O) groups excluding carboxylic acids is 2. The van der Waals surface area contributed by atoms with Gasteiger partial charge in [-0.15, -0.1) is 11.3 Å². The lowest BCUT2D eigenvalue weighted by Gasteiger charge is -2.32. The summed E-state index contributed by atoms with van der Waals surface area (Å²) in [7, 11) is 2.14. The Morgan fingerprint density at radius 1 is 1.12 bits per heavy atom. The topological polar surface area (TPSA) is 101 Å². The van der Waals surface area contributed by atoms with E-state index in [4.69, 9.17) is 10.2 Å². The molecule has 1 aromatic heterocycles. The van der Waals surface area contributed by atoms with Gasteiger partial charge in [0.25, 0.3) is 5.91 Å². The van der Waals surface area contributed by atoms with Crippen LogP contribution < -0.4 is 15.5 Å². The minimum atomic E-state index is -0.0877. The summed E-state index contributed by atoms with van der Waals surface area (Å²) in [5, 5.41) is 17.4. The van der Waals surface area contributed by atoms with Gasteiger partial charge in [-0.1, -0.05) is 12.1 Å². The summed E-state index contributed by atoms with van der Waals surface area (Å²) in [6.45, 7) is 4.14. The van der Waals surface area contributed by atoms with Crippen LogP contribution in [0.5, 0.6) is 0 Å². The number of amides is 2. The Labute approximate surface area is 198 Å². The number of nitriles is 1. The van der Waals surface area contributed by atoms with Gasteiger partial charge in [-0.3, -0.25) is 9.59 Å². The molecule has 0 atom stereocenters. The van der Waals surface area contributed by atoms with E-state index in [1.165, 1.54) is 0 Å². The number of hydrogen-bond donors (Lipinski definition) is 2. The summed E-state index contributed by atoms with van der Waals surface area (Å²) in [5.74, 6) is -0.218. The first-order valence-electron chi connectivity index (χ1n) is 11.5. The second-order valence-corrected chi connectivity index (χ2v) is 9.62. The van der Waals surface area contributed by atoms with Crippen LogP contribution in [0.25, 0.3) is 11.3 Å². The fourth-order valence-electron chi connectivity index (χ4n) is 4.37. The van der Waals surface area contributed by atoms with E-state index in [2.05, 4.69) is 32.9 Å². The van der Waals surface area contributed by atoms with E-state index in [9.17, 15) is 9.59 Å². The highest BCUT2D eigenvalue weighted by Crippen LogP contribution is 2.29. The van der Waals surface area contributed by atoms with Gasteiger partial charge in [0, 0.05) is 54.6 Å². The molecule has 2 amide bonds. The fraction of sp³-hybridized carbons (Fsp3) is 0.500. The molecule has 0 unspecified atom stereocenters. The number of anilines is 1. The van der Waals surface area contributed by atoms with Gasteiger partial charge in [-0.05, 0) is 44.9 Å². The lowest BCUT2D eigenvalue weighted by molar-refractivity contribution is -0.125. The van der Waals surface area contributed by atoms with Gasteiger partial charge < -0.3 is 20.4 Å². The molecule has 8 nitrogen and oxygen atoms in total. The largest absolute Gasteiger partial charge is 0.349 e. The Morgan fingerprint density at radius 2 is 1.82 bits per heavy atom. The van der Waals surface area contributed by atoms with Gasteiger partial charge >= 0.3 is 0 Å². The van der Waals surface area contributed by atoms with Crippen molar-refractivity contribution in [1.29, 1.82) is 5.26 Å². The molecule has 0 radical (unpaired) electrons. The van der Waals surface area contributed by atoms with Crippen LogP contribution in [0.4, 0.5) is 5.13 Å². The first-order valence-corrected chi connectivity index (χ1v) is 12.4. The number of nitrogens with zero attached hydrogens (tertiary/aromatic N) is 4. The zero-order chi connectivity index (χ0) is 23.2. The monoisotopic (exact) mass is 466 g/mol. The van der Waals surface area contributed by atoms with E-state index < -0.39 is 0 Å². The third-order valence-corrected chi connectivity index (χ3v) is 7.38. The van der Waals surface area contributed by atoms with Crippen LogP contribution in [0.2, 0.25) is 0 Å². The van der Waals surface area contributed by atoms with Gasteiger partial charge in [-0.2, -0.15) is 5.26 Å². The molecule has 0 spiro atoms. The first kappa shape index (κ1) is 23.2. The Morgan fingerprint density at radius 3 is 2.48 bits per heavy atom. The van der Waals surface area contributed by atoms with Crippen LogP contribution in [-0.4, -0.2) is 67.5 Å². The SMILES string of the molecule is CN1CCN(c2nc(-c3ccc(C(=O)NC4CCC(C(=O)NCC#N)CC4)cc3)cs2)CC1. The van der Waals surface area contributed by atoms with Crippen LogP contribution in [0.3, 0.4) is 0 Å². The number of carbonyl (C=O) groups is 2. The summed E-state index contributed by atoms with van der Waals surface area (Å²) < 4.78 is 0. The Kier molecular flexibility index (Phi) is 7.57. The third-order valence-electron chi connectivity index (χ3n) is 6.48. The molecular weight excluding hydrogens is 436 g/mol. The lowest BCUT2D eigenvalue weighted by atomic mass is 9.85. The maximum Gasteiger partial charge on any atom is 0.251 e. The van der Waals surface area contributed by atoms with E-state index in [1.807, 2.05) is 30.3 Å². The number of rotatable bonds is 6. The number of piperazine rings is 1. The molecule has 2 fully saturated rings. The van der Waals surface area contributed by atoms with Crippen molar-refractivity contribution < 1.29 is 9.59 Å². The van der Waals surface area contributed by atoms with Gasteiger partial charge in [0.05, 0.1) is 11.8 Å². The third kappa shape index (κ3) is 5.89. The normalized spacial score (nSPS) is 21.3. The lowest BCUT2D eigenvalue weighted by Crippen LogP contribution is -2.44. The van der Waals surface area contributed by atoms with Crippen LogP contribution in [-0.2, 0) is 4.79 Å². The molecule has 2 aliphatic rings. The van der Waals surface area contributed by atoms with Gasteiger partial charge in [0.15, 0.2) is 5.13 Å².